The van der Waals surface area contributed by atoms with Crippen molar-refractivity contribution in [3.63, 3.8) is 0 Å². The lowest BCUT2D eigenvalue weighted by atomic mass is 10.3. The number of quaternary nitrogens is 1. The Morgan fingerprint density at radius 2 is 1.44 bits per heavy atom. The van der Waals surface area contributed by atoms with E-state index in [0.717, 1.165) is 13.0 Å². The summed E-state index contributed by atoms with van der Waals surface area (Å²) in [6.07, 6.45) is 0.305. The Bertz CT molecular complexity index is 314. The molecule has 110 valence electrons. The molecule has 0 aliphatic rings. The van der Waals surface area contributed by atoms with Crippen molar-refractivity contribution in [2.45, 2.75) is 12.8 Å². The lowest BCUT2D eigenvalue weighted by Crippen LogP contribution is -2.46. The minimum absolute atomic E-state index is 0.317. The smallest absolute Gasteiger partial charge is 0.321 e. The van der Waals surface area contributed by atoms with Gasteiger partial charge in [0, 0.05) is 0 Å². The average molecular weight is 305 g/mol. The van der Waals surface area contributed by atoms with Gasteiger partial charge in [-0.2, -0.15) is 0 Å². The zero-order chi connectivity index (χ0) is 14.4. The summed E-state index contributed by atoms with van der Waals surface area (Å²) in [5.41, 5.74) is 0. The number of nitrogens with one attached hydrogen (secondary N) is 1. The molecule has 0 saturated heterocycles. The zero-order valence-electron chi connectivity index (χ0n) is 10.7. The van der Waals surface area contributed by atoms with Crippen LogP contribution in [0.2, 0.25) is 0 Å². The highest BCUT2D eigenvalue weighted by atomic mass is 31.2. The largest absolute Gasteiger partial charge is 0.379 e. The Labute approximate surface area is 107 Å². The molecule has 0 aromatic rings. The number of hydrogen-bond donors (Lipinski definition) is 5. The molecule has 0 heterocycles. The second-order valence-electron chi connectivity index (χ2n) is 4.77. The van der Waals surface area contributed by atoms with Gasteiger partial charge in [0.25, 0.3) is 0 Å². The van der Waals surface area contributed by atoms with E-state index in [2.05, 4.69) is 5.32 Å². The molecule has 0 rings (SSSR count). The summed E-state index contributed by atoms with van der Waals surface area (Å²) in [5, 5.41) is 2.94. The fraction of sp³-hybridized carbons (Fsp3) is 1.00. The van der Waals surface area contributed by atoms with Gasteiger partial charge < -0.3 is 29.4 Å². The molecule has 0 aliphatic heterocycles. The highest BCUT2D eigenvalue weighted by Crippen LogP contribution is 2.44. The molecule has 5 N–H and O–H groups in total. The minimum atomic E-state index is -4.32. The molecule has 10 heteroatoms. The van der Waals surface area contributed by atoms with Crippen molar-refractivity contribution in [3.8, 4) is 0 Å². The van der Waals surface area contributed by atoms with Crippen molar-refractivity contribution in [2.24, 2.45) is 0 Å². The van der Waals surface area contributed by atoms with E-state index in [0.29, 0.717) is 13.0 Å². The quantitative estimate of drug-likeness (QED) is 0.225. The van der Waals surface area contributed by atoms with Gasteiger partial charge in [0.1, 0.15) is 0 Å². The van der Waals surface area contributed by atoms with Crippen LogP contribution in [0.3, 0.4) is 0 Å². The molecule has 0 bridgehead atoms. The molecule has 8 nitrogen and oxygen atoms in total. The molecule has 0 spiro atoms. The van der Waals surface area contributed by atoms with Crippen LogP contribution in [0.4, 0.5) is 0 Å². The number of nitrogens with zero attached hydrogens (tertiary/aromatic N) is 1. The molecule has 0 radical (unpaired) electrons. The summed E-state index contributed by atoms with van der Waals surface area (Å²) in [4.78, 5) is 35.9. The molecule has 0 fully saturated rings. The lowest BCUT2D eigenvalue weighted by molar-refractivity contribution is -0.889. The van der Waals surface area contributed by atoms with Crippen LogP contribution in [0.15, 0.2) is 0 Å². The lowest BCUT2D eigenvalue weighted by Gasteiger charge is -2.34. The van der Waals surface area contributed by atoms with E-state index in [1.54, 1.807) is 7.05 Å². The fourth-order valence-corrected chi connectivity index (χ4v) is 4.29. The van der Waals surface area contributed by atoms with Crippen LogP contribution < -0.4 is 5.32 Å². The maximum Gasteiger partial charge on any atom is 0.379 e. The Balaban J connectivity index is 4.60. The summed E-state index contributed by atoms with van der Waals surface area (Å²) in [5.74, 6) is 0. The topological polar surface area (TPSA) is 127 Å². The van der Waals surface area contributed by atoms with Gasteiger partial charge in [-0.25, -0.2) is 0 Å². The highest BCUT2D eigenvalue weighted by Gasteiger charge is 2.37. The van der Waals surface area contributed by atoms with Crippen LogP contribution in [0, 0.1) is 0 Å². The van der Waals surface area contributed by atoms with E-state index >= 15 is 0 Å². The molecule has 18 heavy (non-hydrogen) atoms. The normalized spacial score (nSPS) is 13.9. The summed E-state index contributed by atoms with van der Waals surface area (Å²) >= 11 is 0. The van der Waals surface area contributed by atoms with Gasteiger partial charge in [0.15, 0.2) is 12.6 Å². The van der Waals surface area contributed by atoms with Gasteiger partial charge >= 0.3 is 15.2 Å². The first-order valence-electron chi connectivity index (χ1n) is 5.55. The van der Waals surface area contributed by atoms with Crippen LogP contribution >= 0.6 is 15.2 Å². The van der Waals surface area contributed by atoms with E-state index in [9.17, 15) is 9.13 Å². The average Bonchev–Trinajstić information content (AvgIpc) is 2.05. The Hall–Kier alpha value is 0.220. The van der Waals surface area contributed by atoms with Gasteiger partial charge in [-0.1, -0.05) is 0 Å². The predicted molar refractivity (Wildman–Crippen MR) is 68.0 cm³/mol. The van der Waals surface area contributed by atoms with E-state index in [4.69, 9.17) is 19.6 Å². The van der Waals surface area contributed by atoms with E-state index in [1.165, 1.54) is 7.05 Å². The third kappa shape index (κ3) is 10.2. The van der Waals surface area contributed by atoms with Crippen LogP contribution in [-0.4, -0.2) is 63.8 Å². The summed E-state index contributed by atoms with van der Waals surface area (Å²) < 4.78 is 21.7. The first kappa shape index (κ1) is 18.2. The summed E-state index contributed by atoms with van der Waals surface area (Å²) in [7, 11) is -5.38. The van der Waals surface area contributed by atoms with Crippen molar-refractivity contribution in [3.05, 3.63) is 0 Å². The van der Waals surface area contributed by atoms with Gasteiger partial charge in [0.05, 0.1) is 13.6 Å². The van der Waals surface area contributed by atoms with Crippen LogP contribution in [0.25, 0.3) is 0 Å². The number of unbranched alkanes of at least 4 members (excludes halogenated alkanes) is 1. The van der Waals surface area contributed by atoms with Crippen LogP contribution in [0.5, 0.6) is 0 Å². The summed E-state index contributed by atoms with van der Waals surface area (Å²) in [6, 6.07) is 0. The summed E-state index contributed by atoms with van der Waals surface area (Å²) in [6.45, 7) is 1.07. The van der Waals surface area contributed by atoms with Gasteiger partial charge in [-0.15, -0.1) is 0 Å². The molecule has 0 atom stereocenters. The number of rotatable bonds is 9. The highest BCUT2D eigenvalue weighted by molar-refractivity contribution is 7.52. The van der Waals surface area contributed by atoms with Gasteiger partial charge in [-0.05, 0) is 26.4 Å². The molecule has 0 amide bonds. The van der Waals surface area contributed by atoms with Crippen LogP contribution in [-0.2, 0) is 9.13 Å². The molecule has 0 unspecified atom stereocenters. The third-order valence-corrected chi connectivity index (χ3v) is 4.53. The first-order chi connectivity index (χ1) is 7.97. The van der Waals surface area contributed by atoms with Crippen molar-refractivity contribution < 1.29 is 33.2 Å². The van der Waals surface area contributed by atoms with Crippen molar-refractivity contribution in [2.75, 3.05) is 39.8 Å². The monoisotopic (exact) mass is 305 g/mol. The second kappa shape index (κ2) is 7.12. The van der Waals surface area contributed by atoms with Crippen molar-refractivity contribution in [1.29, 1.82) is 0 Å². The molecular formula is C8H23N2O6P2+. The molecule has 0 aliphatic carbocycles. The Morgan fingerprint density at radius 1 is 1.00 bits per heavy atom. The Morgan fingerprint density at radius 3 is 1.78 bits per heavy atom. The minimum Gasteiger partial charge on any atom is -0.321 e. The zero-order valence-corrected chi connectivity index (χ0v) is 12.5. The first-order valence-corrected chi connectivity index (χ1v) is 9.14. The van der Waals surface area contributed by atoms with Crippen LogP contribution in [0.1, 0.15) is 12.8 Å². The third-order valence-electron chi connectivity index (χ3n) is 2.43. The molecule has 0 aromatic heterocycles. The standard InChI is InChI=1S/C8H22N2O6P2/c1-9-5-3-4-6-10(2,7-17(11,12)13)8-18(14,15)16/h9H,3-8H2,1-2H3,(H3-,11,12,13,14,15,16)/p+1. The maximum absolute atomic E-state index is 11.0. The fourth-order valence-electron chi connectivity index (χ4n) is 1.87. The predicted octanol–water partition coefficient (Wildman–Crippen LogP) is -0.297. The molecular weight excluding hydrogens is 282 g/mol. The van der Waals surface area contributed by atoms with E-state index in [1.807, 2.05) is 0 Å². The van der Waals surface area contributed by atoms with E-state index in [-0.39, 0.29) is 4.48 Å². The SMILES string of the molecule is CNCCCC[N+](C)(CP(=O)(O)O)CP(=O)(O)O. The van der Waals surface area contributed by atoms with Gasteiger partial charge in [0.2, 0.25) is 0 Å². The number of hydrogen-bond acceptors (Lipinski definition) is 3. The van der Waals surface area contributed by atoms with Crippen molar-refractivity contribution in [1.82, 2.24) is 5.32 Å². The molecule has 0 aromatic carbocycles. The Kier molecular flexibility index (Phi) is 7.21. The second-order valence-corrected chi connectivity index (χ2v) is 7.99. The molecule has 0 saturated carbocycles. The van der Waals surface area contributed by atoms with E-state index < -0.39 is 27.8 Å². The van der Waals surface area contributed by atoms with Crippen molar-refractivity contribution >= 4 is 15.2 Å². The van der Waals surface area contributed by atoms with Gasteiger partial charge in [-0.3, -0.25) is 9.13 Å². The maximum atomic E-state index is 11.0.